The van der Waals surface area contributed by atoms with Crippen molar-refractivity contribution in [3.8, 4) is 0 Å². The van der Waals surface area contributed by atoms with Crippen LogP contribution in [0.3, 0.4) is 0 Å². The van der Waals surface area contributed by atoms with Gasteiger partial charge in [0.25, 0.3) is 0 Å². The third kappa shape index (κ3) is 9.39. The van der Waals surface area contributed by atoms with Gasteiger partial charge in [-0.2, -0.15) is 0 Å². The standard InChI is InChI=1S/C13H29N3O2/c1-13(2,14)11-12(17)16(9-10-18-5)8-6-7-15(3)4/h6-11,14H2,1-5H3. The molecule has 0 aliphatic carbocycles. The molecule has 0 spiro atoms. The van der Waals surface area contributed by atoms with Gasteiger partial charge in [-0.25, -0.2) is 0 Å². The maximum atomic E-state index is 12.1. The number of ether oxygens (including phenoxy) is 1. The van der Waals surface area contributed by atoms with Crippen molar-refractivity contribution in [3.05, 3.63) is 0 Å². The SMILES string of the molecule is COCCN(CCCN(C)C)C(=O)CC(C)(C)N. The predicted molar refractivity (Wildman–Crippen MR) is 74.5 cm³/mol. The zero-order valence-electron chi connectivity index (χ0n) is 12.5. The molecule has 5 heteroatoms. The molecule has 0 bridgehead atoms. The van der Waals surface area contributed by atoms with Crippen LogP contribution in [0.15, 0.2) is 0 Å². The average molecular weight is 259 g/mol. The van der Waals surface area contributed by atoms with E-state index in [2.05, 4.69) is 4.90 Å². The van der Waals surface area contributed by atoms with E-state index in [9.17, 15) is 4.79 Å². The van der Waals surface area contributed by atoms with Crippen LogP contribution in [0.2, 0.25) is 0 Å². The summed E-state index contributed by atoms with van der Waals surface area (Å²) >= 11 is 0. The minimum Gasteiger partial charge on any atom is -0.383 e. The molecule has 0 unspecified atom stereocenters. The predicted octanol–water partition coefficient (Wildman–Crippen LogP) is 0.541. The van der Waals surface area contributed by atoms with Gasteiger partial charge >= 0.3 is 0 Å². The zero-order chi connectivity index (χ0) is 14.2. The molecule has 0 aromatic rings. The number of amides is 1. The van der Waals surface area contributed by atoms with Crippen LogP contribution in [0, 0.1) is 0 Å². The van der Waals surface area contributed by atoms with Crippen LogP contribution in [-0.4, -0.2) is 68.7 Å². The lowest BCUT2D eigenvalue weighted by Gasteiger charge is -2.27. The fraction of sp³-hybridized carbons (Fsp3) is 0.923. The number of carbonyl (C=O) groups excluding carboxylic acids is 1. The van der Waals surface area contributed by atoms with E-state index in [0.717, 1.165) is 19.5 Å². The monoisotopic (exact) mass is 259 g/mol. The van der Waals surface area contributed by atoms with E-state index in [1.54, 1.807) is 7.11 Å². The van der Waals surface area contributed by atoms with Gasteiger partial charge in [0.1, 0.15) is 0 Å². The van der Waals surface area contributed by atoms with E-state index in [4.69, 9.17) is 10.5 Å². The van der Waals surface area contributed by atoms with Crippen molar-refractivity contribution in [1.82, 2.24) is 9.80 Å². The van der Waals surface area contributed by atoms with Gasteiger partial charge in [0.2, 0.25) is 5.91 Å². The molecule has 0 heterocycles. The van der Waals surface area contributed by atoms with Crippen molar-refractivity contribution in [2.45, 2.75) is 32.2 Å². The average Bonchev–Trinajstić information content (AvgIpc) is 2.19. The first-order chi connectivity index (χ1) is 8.26. The number of nitrogens with zero attached hydrogens (tertiary/aromatic N) is 2. The van der Waals surface area contributed by atoms with Gasteiger partial charge in [-0.15, -0.1) is 0 Å². The molecule has 0 atom stereocenters. The molecule has 0 aliphatic heterocycles. The lowest BCUT2D eigenvalue weighted by molar-refractivity contribution is -0.133. The third-order valence-corrected chi connectivity index (χ3v) is 2.56. The highest BCUT2D eigenvalue weighted by Gasteiger charge is 2.21. The van der Waals surface area contributed by atoms with E-state index in [1.807, 2.05) is 32.8 Å². The lowest BCUT2D eigenvalue weighted by atomic mass is 10.0. The Hall–Kier alpha value is -0.650. The molecule has 0 aromatic heterocycles. The van der Waals surface area contributed by atoms with Gasteiger partial charge in [-0.05, 0) is 40.9 Å². The Morgan fingerprint density at radius 2 is 1.83 bits per heavy atom. The molecule has 0 fully saturated rings. The molecule has 1 amide bonds. The second kappa shape index (κ2) is 8.45. The number of rotatable bonds is 9. The summed E-state index contributed by atoms with van der Waals surface area (Å²) in [5, 5.41) is 0. The van der Waals surface area contributed by atoms with Crippen molar-refractivity contribution in [3.63, 3.8) is 0 Å². The van der Waals surface area contributed by atoms with Gasteiger partial charge in [-0.3, -0.25) is 4.79 Å². The van der Waals surface area contributed by atoms with Crippen molar-refractivity contribution in [1.29, 1.82) is 0 Å². The highest BCUT2D eigenvalue weighted by atomic mass is 16.5. The fourth-order valence-electron chi connectivity index (χ4n) is 1.64. The topological polar surface area (TPSA) is 58.8 Å². The summed E-state index contributed by atoms with van der Waals surface area (Å²) in [5.74, 6) is 0.110. The van der Waals surface area contributed by atoms with E-state index in [0.29, 0.717) is 19.6 Å². The van der Waals surface area contributed by atoms with Crippen LogP contribution in [0.5, 0.6) is 0 Å². The summed E-state index contributed by atoms with van der Waals surface area (Å²) < 4.78 is 5.04. The number of hydrogen-bond donors (Lipinski definition) is 1. The van der Waals surface area contributed by atoms with Crippen molar-refractivity contribution in [2.24, 2.45) is 5.73 Å². The molecule has 0 aromatic carbocycles. The van der Waals surface area contributed by atoms with E-state index in [1.165, 1.54) is 0 Å². The Morgan fingerprint density at radius 1 is 1.22 bits per heavy atom. The first kappa shape index (κ1) is 17.4. The van der Waals surface area contributed by atoms with Crippen LogP contribution in [0.4, 0.5) is 0 Å². The fourth-order valence-corrected chi connectivity index (χ4v) is 1.64. The molecule has 5 nitrogen and oxygen atoms in total. The minimum atomic E-state index is -0.454. The third-order valence-electron chi connectivity index (χ3n) is 2.56. The van der Waals surface area contributed by atoms with Gasteiger partial charge in [-0.1, -0.05) is 0 Å². The highest BCUT2D eigenvalue weighted by molar-refractivity contribution is 5.77. The summed E-state index contributed by atoms with van der Waals surface area (Å²) in [6.07, 6.45) is 1.34. The quantitative estimate of drug-likeness (QED) is 0.656. The van der Waals surface area contributed by atoms with Crippen LogP contribution >= 0.6 is 0 Å². The first-order valence-electron chi connectivity index (χ1n) is 6.46. The van der Waals surface area contributed by atoms with Crippen molar-refractivity contribution in [2.75, 3.05) is 47.4 Å². The van der Waals surface area contributed by atoms with Crippen molar-refractivity contribution >= 4 is 5.91 Å². The second-order valence-electron chi connectivity index (χ2n) is 5.70. The molecule has 108 valence electrons. The summed E-state index contributed by atoms with van der Waals surface area (Å²) in [6.45, 7) is 6.69. The minimum absolute atomic E-state index is 0.110. The second-order valence-corrected chi connectivity index (χ2v) is 5.70. The normalized spacial score (nSPS) is 11.9. The molecule has 0 radical (unpaired) electrons. The molecule has 18 heavy (non-hydrogen) atoms. The summed E-state index contributed by atoms with van der Waals surface area (Å²) in [7, 11) is 5.71. The molecule has 2 N–H and O–H groups in total. The van der Waals surface area contributed by atoms with Crippen LogP contribution in [-0.2, 0) is 9.53 Å². The van der Waals surface area contributed by atoms with Gasteiger partial charge < -0.3 is 20.3 Å². The van der Waals surface area contributed by atoms with Crippen molar-refractivity contribution < 1.29 is 9.53 Å². The largest absolute Gasteiger partial charge is 0.383 e. The molecule has 0 aliphatic rings. The number of nitrogens with two attached hydrogens (primary N) is 1. The summed E-state index contributed by atoms with van der Waals surface area (Å²) in [6, 6.07) is 0. The van der Waals surface area contributed by atoms with Crippen LogP contribution in [0.1, 0.15) is 26.7 Å². The maximum Gasteiger partial charge on any atom is 0.224 e. The summed E-state index contributed by atoms with van der Waals surface area (Å²) in [4.78, 5) is 16.1. The Labute approximate surface area is 111 Å². The molecule has 0 rings (SSSR count). The van der Waals surface area contributed by atoms with Crippen LogP contribution in [0.25, 0.3) is 0 Å². The Kier molecular flexibility index (Phi) is 8.15. The number of hydrogen-bond acceptors (Lipinski definition) is 4. The lowest BCUT2D eigenvalue weighted by Crippen LogP contribution is -2.43. The molecular weight excluding hydrogens is 230 g/mol. The van der Waals surface area contributed by atoms with Crippen LogP contribution < -0.4 is 5.73 Å². The highest BCUT2D eigenvalue weighted by Crippen LogP contribution is 2.07. The zero-order valence-corrected chi connectivity index (χ0v) is 12.5. The Bertz CT molecular complexity index is 237. The molecular formula is C13H29N3O2. The van der Waals surface area contributed by atoms with E-state index < -0.39 is 5.54 Å². The smallest absolute Gasteiger partial charge is 0.224 e. The molecule has 0 saturated carbocycles. The number of carbonyl (C=O) groups is 1. The van der Waals surface area contributed by atoms with Gasteiger partial charge in [0.15, 0.2) is 0 Å². The summed E-state index contributed by atoms with van der Waals surface area (Å²) in [5.41, 5.74) is 5.44. The maximum absolute atomic E-state index is 12.1. The molecule has 0 saturated heterocycles. The van der Waals surface area contributed by atoms with E-state index in [-0.39, 0.29) is 5.91 Å². The van der Waals surface area contributed by atoms with E-state index >= 15 is 0 Å². The Morgan fingerprint density at radius 3 is 2.28 bits per heavy atom. The van der Waals surface area contributed by atoms with Gasteiger partial charge in [0.05, 0.1) is 6.61 Å². The van der Waals surface area contributed by atoms with Gasteiger partial charge in [0, 0.05) is 32.2 Å². The Balaban J connectivity index is 4.24. The first-order valence-corrected chi connectivity index (χ1v) is 6.46. The number of methoxy groups -OCH3 is 1.